The Labute approximate surface area is 196 Å². The van der Waals surface area contributed by atoms with Crippen LogP contribution in [0.4, 0.5) is 5.82 Å². The number of carbonyl (C=O) groups is 1. The molecule has 3 heterocycles. The molecule has 0 radical (unpaired) electrons. The van der Waals surface area contributed by atoms with Crippen molar-refractivity contribution < 1.29 is 9.53 Å². The van der Waals surface area contributed by atoms with Crippen LogP contribution in [0.1, 0.15) is 27.8 Å². The number of amides is 1. The van der Waals surface area contributed by atoms with Crippen molar-refractivity contribution in [3.05, 3.63) is 83.2 Å². The molecule has 0 aliphatic carbocycles. The summed E-state index contributed by atoms with van der Waals surface area (Å²) in [6.45, 7) is 3.85. The highest BCUT2D eigenvalue weighted by atomic mass is 32.2. The number of nitrogens with zero attached hydrogens (tertiary/aromatic N) is 4. The highest BCUT2D eigenvalue weighted by Gasteiger charge is 2.33. The predicted octanol–water partition coefficient (Wildman–Crippen LogP) is 4.73. The van der Waals surface area contributed by atoms with Gasteiger partial charge in [0.1, 0.15) is 11.6 Å². The smallest absolute Gasteiger partial charge is 0.252 e. The van der Waals surface area contributed by atoms with Crippen LogP contribution in [0.3, 0.4) is 0 Å². The molecule has 8 heteroatoms. The molecule has 0 bridgehead atoms. The first-order valence-electron chi connectivity index (χ1n) is 10.6. The molecule has 4 aromatic rings. The summed E-state index contributed by atoms with van der Waals surface area (Å²) in [5.41, 5.74) is 5.38. The van der Waals surface area contributed by atoms with Crippen molar-refractivity contribution in [3.63, 3.8) is 0 Å². The van der Waals surface area contributed by atoms with Crippen molar-refractivity contribution in [1.29, 1.82) is 0 Å². The van der Waals surface area contributed by atoms with E-state index in [-0.39, 0.29) is 11.2 Å². The molecular formula is C25H23N5O2S. The van der Waals surface area contributed by atoms with Crippen LogP contribution in [0.2, 0.25) is 0 Å². The summed E-state index contributed by atoms with van der Waals surface area (Å²) >= 11 is 1.57. The number of ether oxygens (including phenoxy) is 1. The van der Waals surface area contributed by atoms with Gasteiger partial charge in [-0.25, -0.2) is 9.97 Å². The van der Waals surface area contributed by atoms with Gasteiger partial charge in [-0.2, -0.15) is 9.78 Å². The van der Waals surface area contributed by atoms with Gasteiger partial charge < -0.3 is 10.1 Å². The lowest BCUT2D eigenvalue weighted by Crippen LogP contribution is -2.17. The monoisotopic (exact) mass is 457 g/mol. The Kier molecular flexibility index (Phi) is 5.60. The maximum atomic E-state index is 12.8. The van der Waals surface area contributed by atoms with E-state index in [0.29, 0.717) is 17.5 Å². The molecule has 0 unspecified atom stereocenters. The van der Waals surface area contributed by atoms with Crippen LogP contribution in [0, 0.1) is 13.8 Å². The first-order chi connectivity index (χ1) is 16.0. The minimum atomic E-state index is -0.135. The number of anilines is 1. The normalized spacial score (nSPS) is 15.5. The molecule has 0 spiro atoms. The molecule has 7 nitrogen and oxygen atoms in total. The number of methoxy groups -OCH3 is 1. The molecule has 1 N–H and O–H groups in total. The molecule has 0 saturated heterocycles. The summed E-state index contributed by atoms with van der Waals surface area (Å²) in [7, 11) is 1.65. The Morgan fingerprint density at radius 1 is 1.03 bits per heavy atom. The Balaban J connectivity index is 1.80. The van der Waals surface area contributed by atoms with Crippen LogP contribution < -0.4 is 10.1 Å². The summed E-state index contributed by atoms with van der Waals surface area (Å²) in [6.07, 6.45) is 0. The number of hydrogen-bond acceptors (Lipinski definition) is 6. The van der Waals surface area contributed by atoms with Gasteiger partial charge in [-0.1, -0.05) is 42.5 Å². The third kappa shape index (κ3) is 4.09. The van der Waals surface area contributed by atoms with Gasteiger partial charge in [0.2, 0.25) is 5.91 Å². The second-order valence-electron chi connectivity index (χ2n) is 7.86. The average Bonchev–Trinajstić information content (AvgIpc) is 3.09. The Hall–Kier alpha value is -3.65. The van der Waals surface area contributed by atoms with Crippen molar-refractivity contribution in [3.8, 4) is 23.0 Å². The second kappa shape index (κ2) is 8.71. The zero-order valence-electron chi connectivity index (χ0n) is 18.6. The van der Waals surface area contributed by atoms with Crippen LogP contribution in [-0.2, 0) is 4.79 Å². The van der Waals surface area contributed by atoms with Crippen molar-refractivity contribution in [2.75, 3.05) is 18.2 Å². The number of benzene rings is 2. The van der Waals surface area contributed by atoms with E-state index in [1.165, 1.54) is 0 Å². The molecule has 1 aliphatic heterocycles. The van der Waals surface area contributed by atoms with Crippen LogP contribution in [0.5, 0.6) is 5.75 Å². The van der Waals surface area contributed by atoms with Crippen molar-refractivity contribution in [2.24, 2.45) is 0 Å². The van der Waals surface area contributed by atoms with E-state index in [9.17, 15) is 4.79 Å². The number of hydrogen-bond donors (Lipinski definition) is 1. The molecule has 166 valence electrons. The molecule has 5 rings (SSSR count). The number of thioether (sulfide) groups is 1. The molecule has 0 saturated carbocycles. The molecule has 1 atom stereocenters. The van der Waals surface area contributed by atoms with Gasteiger partial charge in [-0.3, -0.25) is 4.79 Å². The molecule has 0 fully saturated rings. The molecular weight excluding hydrogens is 434 g/mol. The van der Waals surface area contributed by atoms with Crippen molar-refractivity contribution in [1.82, 2.24) is 19.7 Å². The maximum absolute atomic E-state index is 12.8. The van der Waals surface area contributed by atoms with Gasteiger partial charge in [0.05, 0.1) is 23.8 Å². The van der Waals surface area contributed by atoms with Crippen LogP contribution in [0.25, 0.3) is 17.2 Å². The summed E-state index contributed by atoms with van der Waals surface area (Å²) in [5.74, 6) is 2.03. The van der Waals surface area contributed by atoms with Gasteiger partial charge in [0, 0.05) is 22.5 Å². The fourth-order valence-corrected chi connectivity index (χ4v) is 5.15. The molecule has 33 heavy (non-hydrogen) atoms. The number of nitrogens with one attached hydrogen (secondary N) is 1. The van der Waals surface area contributed by atoms with Gasteiger partial charge in [0.25, 0.3) is 5.95 Å². The second-order valence-corrected chi connectivity index (χ2v) is 8.95. The number of carbonyl (C=O) groups excluding carboxylic acids is 1. The predicted molar refractivity (Wildman–Crippen MR) is 130 cm³/mol. The van der Waals surface area contributed by atoms with Gasteiger partial charge in [0.15, 0.2) is 0 Å². The SMILES string of the molecule is COc1cccc([C@@H]2SCC(=O)Nc3c2c(-c2ccccc2)nn3-c2nc(C)cc(C)n2)c1. The lowest BCUT2D eigenvalue weighted by Gasteiger charge is -2.17. The minimum Gasteiger partial charge on any atom is -0.497 e. The average molecular weight is 458 g/mol. The van der Waals surface area contributed by atoms with Gasteiger partial charge in [-0.05, 0) is 37.6 Å². The zero-order valence-corrected chi connectivity index (χ0v) is 19.4. The quantitative estimate of drug-likeness (QED) is 0.477. The summed E-state index contributed by atoms with van der Waals surface area (Å²) in [4.78, 5) is 22.0. The number of aryl methyl sites for hydroxylation is 2. The number of fused-ring (bicyclic) bond motifs is 1. The first kappa shape index (κ1) is 21.2. The third-order valence-corrected chi connectivity index (χ3v) is 6.70. The first-order valence-corrected chi connectivity index (χ1v) is 11.6. The molecule has 2 aromatic carbocycles. The topological polar surface area (TPSA) is 81.9 Å². The van der Waals surface area contributed by atoms with Gasteiger partial charge in [-0.15, -0.1) is 11.8 Å². The Morgan fingerprint density at radius 2 is 1.79 bits per heavy atom. The highest BCUT2D eigenvalue weighted by Crippen LogP contribution is 2.47. The maximum Gasteiger partial charge on any atom is 0.252 e. The largest absolute Gasteiger partial charge is 0.497 e. The molecule has 1 amide bonds. The molecule has 2 aromatic heterocycles. The fourth-order valence-electron chi connectivity index (χ4n) is 4.03. The van der Waals surface area contributed by atoms with E-state index in [2.05, 4.69) is 21.4 Å². The van der Waals surface area contributed by atoms with Crippen LogP contribution in [0.15, 0.2) is 60.7 Å². The number of rotatable bonds is 4. The van der Waals surface area contributed by atoms with E-state index in [1.54, 1.807) is 23.6 Å². The lowest BCUT2D eigenvalue weighted by molar-refractivity contribution is -0.113. The van der Waals surface area contributed by atoms with E-state index < -0.39 is 0 Å². The van der Waals surface area contributed by atoms with E-state index in [1.807, 2.05) is 68.4 Å². The van der Waals surface area contributed by atoms with Gasteiger partial charge >= 0.3 is 0 Å². The zero-order chi connectivity index (χ0) is 22.9. The van der Waals surface area contributed by atoms with Crippen molar-refractivity contribution >= 4 is 23.5 Å². The van der Waals surface area contributed by atoms with E-state index >= 15 is 0 Å². The highest BCUT2D eigenvalue weighted by molar-refractivity contribution is 8.00. The van der Waals surface area contributed by atoms with Crippen molar-refractivity contribution in [2.45, 2.75) is 19.1 Å². The Morgan fingerprint density at radius 3 is 2.52 bits per heavy atom. The fraction of sp³-hybridized carbons (Fsp3) is 0.200. The third-order valence-electron chi connectivity index (χ3n) is 5.43. The molecule has 1 aliphatic rings. The summed E-state index contributed by atoms with van der Waals surface area (Å²) < 4.78 is 7.13. The van der Waals surface area contributed by atoms with E-state index in [0.717, 1.165) is 39.5 Å². The Bertz CT molecular complexity index is 1320. The van der Waals surface area contributed by atoms with E-state index in [4.69, 9.17) is 9.84 Å². The standard InChI is InChI=1S/C25H23N5O2S/c1-15-12-16(2)27-25(26-15)30-24-21(22(29-30)17-8-5-4-6-9-17)23(33-14-20(31)28-24)18-10-7-11-19(13-18)32-3/h4-13,23H,14H2,1-3H3,(H,28,31)/t23-/m0/s1. The summed E-state index contributed by atoms with van der Waals surface area (Å²) in [5, 5.41) is 7.88. The van der Waals surface area contributed by atoms with Crippen LogP contribution >= 0.6 is 11.8 Å². The van der Waals surface area contributed by atoms with Crippen LogP contribution in [-0.4, -0.2) is 38.5 Å². The number of aromatic nitrogens is 4. The summed E-state index contributed by atoms with van der Waals surface area (Å²) in [6, 6.07) is 19.8. The lowest BCUT2D eigenvalue weighted by atomic mass is 10.00. The minimum absolute atomic E-state index is 0.0863.